The van der Waals surface area contributed by atoms with E-state index in [9.17, 15) is 4.79 Å². The average Bonchev–Trinajstić information content (AvgIpc) is 2.99. The van der Waals surface area contributed by atoms with Crippen molar-refractivity contribution in [1.82, 2.24) is 9.38 Å². The van der Waals surface area contributed by atoms with Crippen molar-refractivity contribution in [2.75, 3.05) is 7.11 Å². The number of benzene rings is 3. The molecule has 24 heavy (non-hydrogen) atoms. The van der Waals surface area contributed by atoms with E-state index in [0.717, 1.165) is 27.2 Å². The average molecular weight is 335 g/mol. The first-order chi connectivity index (χ1) is 11.7. The molecule has 0 N–H and O–H groups in total. The Morgan fingerprint density at radius 3 is 2.71 bits per heavy atom. The number of ether oxygens (including phenoxy) is 1. The third-order valence-corrected chi connectivity index (χ3v) is 4.85. The minimum Gasteiger partial charge on any atom is -0.497 e. The molecule has 5 heteroatoms. The van der Waals surface area contributed by atoms with E-state index < -0.39 is 0 Å². The van der Waals surface area contributed by atoms with Gasteiger partial charge in [0.1, 0.15) is 11.4 Å². The molecule has 0 radical (unpaired) electrons. The van der Waals surface area contributed by atoms with Gasteiger partial charge in [0.05, 0.1) is 18.1 Å². The van der Waals surface area contributed by atoms with Crippen molar-refractivity contribution < 1.29 is 4.74 Å². The SMILES string of the molecule is COc1ccc2nc3c4cccc5c(Cl)ccc(c(=O)n3c2c1)c54. The molecule has 2 heterocycles. The van der Waals surface area contributed by atoms with Crippen LogP contribution in [0, 0.1) is 0 Å². The van der Waals surface area contributed by atoms with E-state index in [0.29, 0.717) is 21.8 Å². The van der Waals surface area contributed by atoms with Gasteiger partial charge in [-0.1, -0.05) is 29.8 Å². The summed E-state index contributed by atoms with van der Waals surface area (Å²) in [6, 6.07) is 14.9. The summed E-state index contributed by atoms with van der Waals surface area (Å²) in [5, 5.41) is 3.93. The van der Waals surface area contributed by atoms with Crippen LogP contribution in [0.15, 0.2) is 53.3 Å². The van der Waals surface area contributed by atoms with Crippen molar-refractivity contribution in [3.63, 3.8) is 0 Å². The van der Waals surface area contributed by atoms with Gasteiger partial charge in [-0.15, -0.1) is 0 Å². The maximum Gasteiger partial charge on any atom is 0.264 e. The maximum absolute atomic E-state index is 13.1. The molecule has 2 aromatic heterocycles. The lowest BCUT2D eigenvalue weighted by Crippen LogP contribution is -2.13. The van der Waals surface area contributed by atoms with Crippen molar-refractivity contribution in [2.24, 2.45) is 0 Å². The van der Waals surface area contributed by atoms with Crippen LogP contribution in [0.4, 0.5) is 0 Å². The van der Waals surface area contributed by atoms with Crippen molar-refractivity contribution in [3.8, 4) is 5.75 Å². The molecule has 0 saturated carbocycles. The zero-order valence-electron chi connectivity index (χ0n) is 12.7. The van der Waals surface area contributed by atoms with Gasteiger partial charge in [-0.05, 0) is 24.3 Å². The molecule has 3 aromatic carbocycles. The number of aromatic nitrogens is 2. The molecule has 0 unspecified atom stereocenters. The van der Waals surface area contributed by atoms with Crippen LogP contribution in [0.3, 0.4) is 0 Å². The quantitative estimate of drug-likeness (QED) is 0.460. The highest BCUT2D eigenvalue weighted by atomic mass is 35.5. The summed E-state index contributed by atoms with van der Waals surface area (Å²) in [4.78, 5) is 17.8. The number of halogens is 1. The molecule has 0 aliphatic heterocycles. The summed E-state index contributed by atoms with van der Waals surface area (Å²) in [5.74, 6) is 0.693. The molecule has 5 aromatic rings. The van der Waals surface area contributed by atoms with Gasteiger partial charge < -0.3 is 4.74 Å². The van der Waals surface area contributed by atoms with Crippen LogP contribution in [-0.2, 0) is 0 Å². The standard InChI is InChI=1S/C19H11ClN2O2/c1-24-10-5-8-15-16(9-10)22-18(21-15)12-4-2-3-11-14(20)7-6-13(17(11)12)19(22)23/h2-9H,1H3. The summed E-state index contributed by atoms with van der Waals surface area (Å²) in [5.41, 5.74) is 2.05. The Hall–Kier alpha value is -2.85. The molecule has 0 atom stereocenters. The highest BCUT2D eigenvalue weighted by Gasteiger charge is 2.17. The highest BCUT2D eigenvalue weighted by Crippen LogP contribution is 2.33. The monoisotopic (exact) mass is 334 g/mol. The zero-order valence-corrected chi connectivity index (χ0v) is 13.5. The largest absolute Gasteiger partial charge is 0.497 e. The summed E-state index contributed by atoms with van der Waals surface area (Å²) in [6.07, 6.45) is 0. The number of methoxy groups -OCH3 is 1. The Morgan fingerprint density at radius 1 is 1.04 bits per heavy atom. The summed E-state index contributed by atoms with van der Waals surface area (Å²) >= 11 is 6.32. The molecule has 0 fully saturated rings. The third-order valence-electron chi connectivity index (χ3n) is 4.52. The molecule has 116 valence electrons. The Bertz CT molecular complexity index is 1320. The van der Waals surface area contributed by atoms with Gasteiger partial charge in [0.15, 0.2) is 0 Å². The lowest BCUT2D eigenvalue weighted by molar-refractivity contribution is 0.415. The van der Waals surface area contributed by atoms with Gasteiger partial charge in [-0.2, -0.15) is 0 Å². The second-order valence-electron chi connectivity index (χ2n) is 5.75. The van der Waals surface area contributed by atoms with E-state index in [-0.39, 0.29) is 5.56 Å². The Kier molecular flexibility index (Phi) is 2.59. The number of rotatable bonds is 1. The molecule has 0 bridgehead atoms. The van der Waals surface area contributed by atoms with Gasteiger partial charge in [0, 0.05) is 32.6 Å². The van der Waals surface area contributed by atoms with Crippen LogP contribution in [0.25, 0.3) is 38.2 Å². The Balaban J connectivity index is 2.15. The Morgan fingerprint density at radius 2 is 1.88 bits per heavy atom. The summed E-state index contributed by atoms with van der Waals surface area (Å²) in [7, 11) is 1.61. The first-order valence-corrected chi connectivity index (χ1v) is 7.89. The van der Waals surface area contributed by atoms with Gasteiger partial charge in [0.25, 0.3) is 5.56 Å². The van der Waals surface area contributed by atoms with Crippen LogP contribution in [0.1, 0.15) is 0 Å². The fraction of sp³-hybridized carbons (Fsp3) is 0.0526. The van der Waals surface area contributed by atoms with Crippen LogP contribution in [0.5, 0.6) is 5.75 Å². The van der Waals surface area contributed by atoms with Crippen LogP contribution >= 0.6 is 11.6 Å². The van der Waals surface area contributed by atoms with Gasteiger partial charge in [-0.25, -0.2) is 4.98 Å². The zero-order chi connectivity index (χ0) is 16.4. The van der Waals surface area contributed by atoms with E-state index in [1.807, 2.05) is 36.4 Å². The lowest BCUT2D eigenvalue weighted by Gasteiger charge is -2.08. The molecule has 5 rings (SSSR count). The minimum atomic E-state index is -0.0962. The maximum atomic E-state index is 13.1. The molecular weight excluding hydrogens is 324 g/mol. The molecule has 0 aliphatic carbocycles. The minimum absolute atomic E-state index is 0.0962. The molecule has 4 nitrogen and oxygen atoms in total. The number of fused-ring (bicyclic) bond motifs is 4. The molecule has 0 aliphatic rings. The molecule has 0 spiro atoms. The molecular formula is C19H11ClN2O2. The van der Waals surface area contributed by atoms with Crippen LogP contribution in [-0.4, -0.2) is 16.5 Å². The lowest BCUT2D eigenvalue weighted by atomic mass is 10.0. The highest BCUT2D eigenvalue weighted by molar-refractivity contribution is 6.37. The number of hydrogen-bond acceptors (Lipinski definition) is 3. The first kappa shape index (κ1) is 13.6. The van der Waals surface area contributed by atoms with Crippen molar-refractivity contribution in [3.05, 3.63) is 63.9 Å². The van der Waals surface area contributed by atoms with E-state index >= 15 is 0 Å². The van der Waals surface area contributed by atoms with E-state index in [1.165, 1.54) is 0 Å². The number of nitrogens with zero attached hydrogens (tertiary/aromatic N) is 2. The topological polar surface area (TPSA) is 43.6 Å². The van der Waals surface area contributed by atoms with Gasteiger partial charge in [-0.3, -0.25) is 9.20 Å². The number of hydrogen-bond donors (Lipinski definition) is 0. The normalized spacial score (nSPS) is 11.9. The predicted octanol–water partition coefficient (Wildman–Crippen LogP) is 4.25. The number of imidazole rings is 1. The summed E-state index contributed by atoms with van der Waals surface area (Å²) in [6.45, 7) is 0. The van der Waals surface area contributed by atoms with Gasteiger partial charge >= 0.3 is 0 Å². The summed E-state index contributed by atoms with van der Waals surface area (Å²) < 4.78 is 6.95. The van der Waals surface area contributed by atoms with Gasteiger partial charge in [0.2, 0.25) is 0 Å². The van der Waals surface area contributed by atoms with Crippen LogP contribution < -0.4 is 10.3 Å². The molecule has 0 amide bonds. The van der Waals surface area contributed by atoms with E-state index in [1.54, 1.807) is 23.6 Å². The van der Waals surface area contributed by atoms with E-state index in [2.05, 4.69) is 4.98 Å². The third kappa shape index (κ3) is 1.58. The fourth-order valence-corrected chi connectivity index (χ4v) is 3.64. The second-order valence-corrected chi connectivity index (χ2v) is 6.16. The van der Waals surface area contributed by atoms with Crippen molar-refractivity contribution in [2.45, 2.75) is 0 Å². The number of pyridine rings is 1. The predicted molar refractivity (Wildman–Crippen MR) is 96.7 cm³/mol. The van der Waals surface area contributed by atoms with Crippen molar-refractivity contribution >= 4 is 49.8 Å². The Labute approximate surface area is 141 Å². The second kappa shape index (κ2) is 4.58. The first-order valence-electron chi connectivity index (χ1n) is 7.52. The molecule has 0 saturated heterocycles. The fourth-order valence-electron chi connectivity index (χ4n) is 3.42. The van der Waals surface area contributed by atoms with E-state index in [4.69, 9.17) is 16.3 Å². The van der Waals surface area contributed by atoms with Crippen LogP contribution in [0.2, 0.25) is 5.02 Å². The smallest absolute Gasteiger partial charge is 0.264 e. The van der Waals surface area contributed by atoms with Crippen molar-refractivity contribution in [1.29, 1.82) is 0 Å².